The third-order valence-corrected chi connectivity index (χ3v) is 15.1. The molecule has 2 aliphatic heterocycles. The number of rotatable bonds is 15. The van der Waals surface area contributed by atoms with E-state index in [1.54, 1.807) is 11.1 Å². The number of carbonyl (C=O) groups excluding carboxylic acids is 2. The van der Waals surface area contributed by atoms with Crippen LogP contribution in [-0.2, 0) is 18.9 Å². The molecule has 0 N–H and O–H groups in total. The Labute approximate surface area is 362 Å². The number of fused-ring (bicyclic) bond motifs is 3. The summed E-state index contributed by atoms with van der Waals surface area (Å²) < 4.78 is 27.3. The lowest BCUT2D eigenvalue weighted by atomic mass is 9.88. The zero-order valence-electron chi connectivity index (χ0n) is 37.6. The molecule has 1 aliphatic carbocycles. The van der Waals surface area contributed by atoms with Crippen LogP contribution in [0.5, 0.6) is 0 Å². The van der Waals surface area contributed by atoms with Crippen LogP contribution in [0, 0.1) is 0 Å². The van der Waals surface area contributed by atoms with Crippen molar-refractivity contribution >= 4 is 61.5 Å². The molecule has 13 nitrogen and oxygen atoms in total. The third-order valence-electron chi connectivity index (χ3n) is 10.9. The number of ether oxygens (including phenoxy) is 4. The number of piperidine rings is 1. The van der Waals surface area contributed by atoms with Crippen LogP contribution in [0.15, 0.2) is 29.0 Å². The number of carbonyl (C=O) groups is 2. The molecule has 2 unspecified atom stereocenters. The van der Waals surface area contributed by atoms with Crippen LogP contribution in [0.25, 0.3) is 16.8 Å². The van der Waals surface area contributed by atoms with E-state index in [-0.39, 0.29) is 36.2 Å². The molecule has 0 spiro atoms. The van der Waals surface area contributed by atoms with E-state index in [0.717, 1.165) is 77.7 Å². The van der Waals surface area contributed by atoms with Gasteiger partial charge in [0.1, 0.15) is 30.5 Å². The predicted molar refractivity (Wildman–Crippen MR) is 243 cm³/mol. The Morgan fingerprint density at radius 2 is 1.41 bits per heavy atom. The number of amides is 2. The maximum atomic E-state index is 13.5. The molecule has 1 saturated carbocycles. The van der Waals surface area contributed by atoms with Gasteiger partial charge in [-0.15, -0.1) is 0 Å². The van der Waals surface area contributed by atoms with Crippen LogP contribution in [0.1, 0.15) is 91.7 Å². The first-order valence-corrected chi connectivity index (χ1v) is 29.7. The van der Waals surface area contributed by atoms with Gasteiger partial charge >= 0.3 is 12.2 Å². The van der Waals surface area contributed by atoms with Gasteiger partial charge in [0.15, 0.2) is 11.5 Å². The number of pyridine rings is 1. The monoisotopic (exact) mass is 913 g/mol. The minimum atomic E-state index is -1.33. The van der Waals surface area contributed by atoms with Gasteiger partial charge in [-0.1, -0.05) is 39.3 Å². The van der Waals surface area contributed by atoms with Gasteiger partial charge in [-0.3, -0.25) is 4.90 Å². The van der Waals surface area contributed by atoms with Crippen molar-refractivity contribution in [3.8, 4) is 11.1 Å². The number of nitrogens with zero attached hydrogens (tertiary/aromatic N) is 7. The van der Waals surface area contributed by atoms with Crippen LogP contribution < -0.4 is 9.80 Å². The Morgan fingerprint density at radius 3 is 1.90 bits per heavy atom. The topological polar surface area (TPSA) is 124 Å². The molecule has 5 heterocycles. The van der Waals surface area contributed by atoms with Gasteiger partial charge in [0.05, 0.1) is 16.4 Å². The smallest absolute Gasteiger partial charge is 0.416 e. The average Bonchev–Trinajstić information content (AvgIpc) is 3.78. The highest BCUT2D eigenvalue weighted by atomic mass is 79.9. The Balaban J connectivity index is 1.39. The van der Waals surface area contributed by atoms with E-state index in [0.29, 0.717) is 38.1 Å². The molecule has 3 aliphatic rings. The van der Waals surface area contributed by atoms with Crippen LogP contribution in [0.3, 0.4) is 0 Å². The highest BCUT2D eigenvalue weighted by Gasteiger charge is 2.46. The van der Waals surface area contributed by atoms with Gasteiger partial charge in [0.2, 0.25) is 0 Å². The van der Waals surface area contributed by atoms with Gasteiger partial charge in [0, 0.05) is 70.7 Å². The Hall–Kier alpha value is -3.06. The van der Waals surface area contributed by atoms with E-state index < -0.39 is 27.3 Å². The van der Waals surface area contributed by atoms with Gasteiger partial charge in [-0.25, -0.2) is 19.6 Å². The van der Waals surface area contributed by atoms with Crippen molar-refractivity contribution in [3.63, 3.8) is 0 Å². The lowest BCUT2D eigenvalue weighted by Gasteiger charge is -2.39. The SMILES string of the molecule is CC(C)(C)OC(=O)N(c1ccc(-c2cnn3c(N(COCC[Si](C)(C)C)COCC[Si](C)(C)C)c(Br)c(C4CC5CCC(C4)N5C(=O)OC(C)(C)C)nc23)cn1)C1CC1. The lowest BCUT2D eigenvalue weighted by Crippen LogP contribution is -2.48. The summed E-state index contributed by atoms with van der Waals surface area (Å²) in [4.78, 5) is 42.8. The Bertz CT molecular complexity index is 1910. The van der Waals surface area contributed by atoms with Crippen molar-refractivity contribution in [2.45, 2.75) is 167 Å². The van der Waals surface area contributed by atoms with Crippen molar-refractivity contribution in [1.29, 1.82) is 0 Å². The van der Waals surface area contributed by atoms with Crippen LogP contribution in [0.4, 0.5) is 21.2 Å². The number of halogens is 1. The molecule has 3 aromatic heterocycles. The standard InChI is InChI=1S/C43H68BrN7O6Si2/c1-42(2,3)56-40(52)49-32-16-17-33(49)24-30(23-32)37-36(44)39(48(27-54-19-21-58(7,8)9)28-55-20-22-59(10,11)12)51-38(47-37)34(26-46-51)29-13-18-35(45-25-29)50(31-14-15-31)41(53)57-43(4,5)6/h13,18,25-26,30-33H,14-17,19-24,27-28H2,1-12H3. The molecule has 2 saturated heterocycles. The second-order valence-electron chi connectivity index (χ2n) is 21.1. The Morgan fingerprint density at radius 1 is 0.831 bits per heavy atom. The highest BCUT2D eigenvalue weighted by molar-refractivity contribution is 9.10. The molecule has 3 fully saturated rings. The van der Waals surface area contributed by atoms with Crippen molar-refractivity contribution in [3.05, 3.63) is 34.7 Å². The highest BCUT2D eigenvalue weighted by Crippen LogP contribution is 2.47. The van der Waals surface area contributed by atoms with E-state index in [4.69, 9.17) is 34.0 Å². The fourth-order valence-electron chi connectivity index (χ4n) is 7.76. The molecule has 3 aromatic rings. The summed E-state index contributed by atoms with van der Waals surface area (Å²) in [5.41, 5.74) is 2.10. The van der Waals surface area contributed by atoms with Gasteiger partial charge in [-0.2, -0.15) is 9.61 Å². The molecule has 2 amide bonds. The minimum Gasteiger partial charge on any atom is -0.444 e. The first kappa shape index (κ1) is 45.5. The van der Waals surface area contributed by atoms with Crippen LogP contribution in [0.2, 0.25) is 51.4 Å². The van der Waals surface area contributed by atoms with E-state index in [1.165, 1.54) is 0 Å². The summed E-state index contributed by atoms with van der Waals surface area (Å²) in [5.74, 6) is 1.45. The van der Waals surface area contributed by atoms with Gasteiger partial charge in [-0.05, 0) is 120 Å². The van der Waals surface area contributed by atoms with Crippen molar-refractivity contribution in [2.24, 2.45) is 0 Å². The van der Waals surface area contributed by atoms with E-state index in [2.05, 4.69) is 60.1 Å². The second-order valence-corrected chi connectivity index (χ2v) is 33.1. The summed E-state index contributed by atoms with van der Waals surface area (Å²) in [6.07, 6.45) is 8.28. The van der Waals surface area contributed by atoms with Gasteiger partial charge < -0.3 is 28.7 Å². The number of hydrogen-bond donors (Lipinski definition) is 0. The van der Waals surface area contributed by atoms with Crippen molar-refractivity contribution in [2.75, 3.05) is 36.5 Å². The first-order valence-electron chi connectivity index (χ1n) is 21.5. The molecule has 2 bridgehead atoms. The molecule has 2 atom stereocenters. The Kier molecular flexibility index (Phi) is 13.7. The summed E-state index contributed by atoms with van der Waals surface area (Å²) in [5, 5.41) is 4.98. The minimum absolute atomic E-state index is 0.0633. The second kappa shape index (κ2) is 17.7. The fourth-order valence-corrected chi connectivity index (χ4v) is 10.1. The van der Waals surface area contributed by atoms with E-state index in [1.807, 2.05) is 69.3 Å². The zero-order chi connectivity index (χ0) is 43.1. The third kappa shape index (κ3) is 11.9. The molecule has 0 aromatic carbocycles. The molecular weight excluding hydrogens is 847 g/mol. The summed E-state index contributed by atoms with van der Waals surface area (Å²) in [6.45, 7) is 27.5. The number of aromatic nitrogens is 4. The average molecular weight is 915 g/mol. The summed E-state index contributed by atoms with van der Waals surface area (Å²) in [7, 11) is -2.65. The molecule has 59 heavy (non-hydrogen) atoms. The van der Waals surface area contributed by atoms with Gasteiger partial charge in [0.25, 0.3) is 0 Å². The molecule has 0 radical (unpaired) electrons. The maximum Gasteiger partial charge on any atom is 0.416 e. The largest absolute Gasteiger partial charge is 0.444 e. The fraction of sp³-hybridized carbons (Fsp3) is 0.698. The summed E-state index contributed by atoms with van der Waals surface area (Å²) >= 11 is 4.08. The molecule has 16 heteroatoms. The van der Waals surface area contributed by atoms with E-state index >= 15 is 0 Å². The number of hydrogen-bond acceptors (Lipinski definition) is 10. The first-order chi connectivity index (χ1) is 27.5. The van der Waals surface area contributed by atoms with Crippen LogP contribution in [-0.4, -0.2) is 109 Å². The molecule has 6 rings (SSSR count). The normalized spacial score (nSPS) is 19.9. The van der Waals surface area contributed by atoms with Crippen LogP contribution >= 0.6 is 15.9 Å². The maximum absolute atomic E-state index is 13.5. The predicted octanol–water partition coefficient (Wildman–Crippen LogP) is 10.5. The summed E-state index contributed by atoms with van der Waals surface area (Å²) in [6, 6.07) is 6.18. The lowest BCUT2D eigenvalue weighted by molar-refractivity contribution is 0.00564. The molecular formula is C43H68BrN7O6Si2. The molecule has 326 valence electrons. The van der Waals surface area contributed by atoms with Crippen molar-refractivity contribution < 1.29 is 28.5 Å². The van der Waals surface area contributed by atoms with E-state index in [9.17, 15) is 9.59 Å². The quantitative estimate of drug-likeness (QED) is 0.0827. The zero-order valence-corrected chi connectivity index (χ0v) is 41.1. The number of anilines is 2. The van der Waals surface area contributed by atoms with Crippen molar-refractivity contribution in [1.82, 2.24) is 24.5 Å².